The molecule has 1 heterocycles. The van der Waals surface area contributed by atoms with Crippen molar-refractivity contribution in [3.05, 3.63) is 30.1 Å². The van der Waals surface area contributed by atoms with Crippen LogP contribution < -0.4 is 5.32 Å². The number of carbonyl (C=O) groups is 1. The summed E-state index contributed by atoms with van der Waals surface area (Å²) < 4.78 is 16.3. The molecule has 1 amide bonds. The normalized spacial score (nSPS) is 19.0. The summed E-state index contributed by atoms with van der Waals surface area (Å²) in [6.45, 7) is 1.90. The minimum Gasteiger partial charge on any atom is -0.352 e. The number of aromatic nitrogens is 3. The van der Waals surface area contributed by atoms with E-state index in [0.717, 1.165) is 25.7 Å². The number of thioether (sulfide) groups is 1. The lowest BCUT2D eigenvalue weighted by Crippen LogP contribution is -2.40. The standard InChI is InChI=1S/C20H25FN4OS/c1-13(19(26)22-14-7-3-2-4-8-14)27-20-24-23-18(25(20)15-11-12-15)16-9-5-6-10-17(16)21/h5-6,9-10,13-15H,2-4,7-8,11-12H2,1H3,(H,22,26). The summed E-state index contributed by atoms with van der Waals surface area (Å²) in [5.41, 5.74) is 0.461. The van der Waals surface area contributed by atoms with E-state index in [4.69, 9.17) is 0 Å². The highest BCUT2D eigenvalue weighted by atomic mass is 32.2. The predicted octanol–water partition coefficient (Wildman–Crippen LogP) is 4.35. The number of rotatable bonds is 6. The first kappa shape index (κ1) is 18.5. The number of nitrogens with zero attached hydrogens (tertiary/aromatic N) is 3. The van der Waals surface area contributed by atoms with E-state index < -0.39 is 0 Å². The third kappa shape index (κ3) is 4.18. The van der Waals surface area contributed by atoms with Crippen molar-refractivity contribution in [2.24, 2.45) is 0 Å². The van der Waals surface area contributed by atoms with E-state index in [1.54, 1.807) is 18.2 Å². The number of hydrogen-bond donors (Lipinski definition) is 1. The summed E-state index contributed by atoms with van der Waals surface area (Å²) in [4.78, 5) is 12.6. The van der Waals surface area contributed by atoms with Crippen LogP contribution in [0.2, 0.25) is 0 Å². The van der Waals surface area contributed by atoms with Crippen molar-refractivity contribution in [2.75, 3.05) is 0 Å². The minimum atomic E-state index is -0.300. The highest BCUT2D eigenvalue weighted by molar-refractivity contribution is 8.00. The van der Waals surface area contributed by atoms with Gasteiger partial charge >= 0.3 is 0 Å². The Morgan fingerprint density at radius 2 is 1.93 bits per heavy atom. The largest absolute Gasteiger partial charge is 0.352 e. The maximum Gasteiger partial charge on any atom is 0.233 e. The lowest BCUT2D eigenvalue weighted by atomic mass is 9.95. The molecule has 0 aliphatic heterocycles. The van der Waals surface area contributed by atoms with Crippen LogP contribution in [0.25, 0.3) is 11.4 Å². The molecule has 5 nitrogen and oxygen atoms in total. The molecule has 0 bridgehead atoms. The zero-order valence-electron chi connectivity index (χ0n) is 15.5. The SMILES string of the molecule is CC(Sc1nnc(-c2ccccc2F)n1C1CC1)C(=O)NC1CCCCC1. The van der Waals surface area contributed by atoms with Gasteiger partial charge in [-0.05, 0) is 44.7 Å². The van der Waals surface area contributed by atoms with Crippen LogP contribution in [0.15, 0.2) is 29.4 Å². The highest BCUT2D eigenvalue weighted by Gasteiger charge is 2.32. The summed E-state index contributed by atoms with van der Waals surface area (Å²) >= 11 is 1.41. The summed E-state index contributed by atoms with van der Waals surface area (Å²) in [5, 5.41) is 12.2. The molecule has 1 unspecified atom stereocenters. The summed E-state index contributed by atoms with van der Waals surface area (Å²) in [6.07, 6.45) is 7.85. The van der Waals surface area contributed by atoms with Gasteiger partial charge in [0.1, 0.15) is 5.82 Å². The van der Waals surface area contributed by atoms with Crippen LogP contribution in [0, 0.1) is 5.82 Å². The monoisotopic (exact) mass is 388 g/mol. The number of benzene rings is 1. The van der Waals surface area contributed by atoms with Gasteiger partial charge in [0.2, 0.25) is 5.91 Å². The van der Waals surface area contributed by atoms with Crippen LogP contribution in [-0.2, 0) is 4.79 Å². The van der Waals surface area contributed by atoms with Gasteiger partial charge < -0.3 is 5.32 Å². The molecule has 144 valence electrons. The average Bonchev–Trinajstić information content (AvgIpc) is 3.43. The molecule has 1 atom stereocenters. The molecule has 0 radical (unpaired) electrons. The zero-order chi connectivity index (χ0) is 18.8. The van der Waals surface area contributed by atoms with E-state index in [1.807, 2.05) is 11.5 Å². The van der Waals surface area contributed by atoms with Crippen LogP contribution in [0.5, 0.6) is 0 Å². The van der Waals surface area contributed by atoms with Gasteiger partial charge in [-0.2, -0.15) is 0 Å². The van der Waals surface area contributed by atoms with Gasteiger partial charge in [0.25, 0.3) is 0 Å². The van der Waals surface area contributed by atoms with Crippen LogP contribution in [-0.4, -0.2) is 32.0 Å². The molecule has 0 saturated heterocycles. The van der Waals surface area contributed by atoms with Crippen LogP contribution >= 0.6 is 11.8 Å². The van der Waals surface area contributed by atoms with Crippen molar-refractivity contribution in [1.29, 1.82) is 0 Å². The van der Waals surface area contributed by atoms with Crippen molar-refractivity contribution in [2.45, 2.75) is 74.4 Å². The highest BCUT2D eigenvalue weighted by Crippen LogP contribution is 2.42. The molecule has 1 N–H and O–H groups in total. The van der Waals surface area contributed by atoms with Crippen molar-refractivity contribution < 1.29 is 9.18 Å². The van der Waals surface area contributed by atoms with Crippen molar-refractivity contribution in [3.8, 4) is 11.4 Å². The number of amides is 1. The Morgan fingerprint density at radius 1 is 1.19 bits per heavy atom. The van der Waals surface area contributed by atoms with E-state index in [0.29, 0.717) is 28.6 Å². The van der Waals surface area contributed by atoms with Crippen molar-refractivity contribution in [3.63, 3.8) is 0 Å². The van der Waals surface area contributed by atoms with Gasteiger partial charge in [0.15, 0.2) is 11.0 Å². The Labute approximate surface area is 163 Å². The first-order valence-corrected chi connectivity index (χ1v) is 10.7. The van der Waals surface area contributed by atoms with Gasteiger partial charge in [-0.1, -0.05) is 43.2 Å². The average molecular weight is 389 g/mol. The maximum atomic E-state index is 14.2. The number of nitrogens with one attached hydrogen (secondary N) is 1. The second-order valence-corrected chi connectivity index (χ2v) is 8.80. The smallest absolute Gasteiger partial charge is 0.233 e. The molecule has 2 aromatic rings. The van der Waals surface area contributed by atoms with Crippen molar-refractivity contribution >= 4 is 17.7 Å². The van der Waals surface area contributed by atoms with Crippen LogP contribution in [0.1, 0.15) is 57.9 Å². The Kier molecular flexibility index (Phi) is 5.48. The van der Waals surface area contributed by atoms with Gasteiger partial charge in [-0.25, -0.2) is 4.39 Å². The molecule has 2 aliphatic rings. The van der Waals surface area contributed by atoms with E-state index in [9.17, 15) is 9.18 Å². The molecule has 2 fully saturated rings. The third-order valence-electron chi connectivity index (χ3n) is 5.29. The molecule has 0 spiro atoms. The van der Waals surface area contributed by atoms with Crippen LogP contribution in [0.3, 0.4) is 0 Å². The van der Waals surface area contributed by atoms with E-state index >= 15 is 0 Å². The zero-order valence-corrected chi connectivity index (χ0v) is 16.3. The van der Waals surface area contributed by atoms with Gasteiger partial charge in [-0.3, -0.25) is 9.36 Å². The summed E-state index contributed by atoms with van der Waals surface area (Å²) in [5.74, 6) is 0.300. The minimum absolute atomic E-state index is 0.0460. The van der Waals surface area contributed by atoms with Crippen LogP contribution in [0.4, 0.5) is 4.39 Å². The molecule has 2 saturated carbocycles. The van der Waals surface area contributed by atoms with Crippen molar-refractivity contribution in [1.82, 2.24) is 20.1 Å². The molecule has 4 rings (SSSR count). The topological polar surface area (TPSA) is 59.8 Å². The van der Waals surface area contributed by atoms with E-state index in [1.165, 1.54) is 37.1 Å². The Hall–Kier alpha value is -1.89. The summed E-state index contributed by atoms with van der Waals surface area (Å²) in [6, 6.07) is 7.23. The third-order valence-corrected chi connectivity index (χ3v) is 6.35. The van der Waals surface area contributed by atoms with Gasteiger partial charge in [0.05, 0.1) is 10.8 Å². The predicted molar refractivity (Wildman–Crippen MR) is 104 cm³/mol. The van der Waals surface area contributed by atoms with Gasteiger partial charge in [-0.15, -0.1) is 10.2 Å². The lowest BCUT2D eigenvalue weighted by molar-refractivity contribution is -0.121. The molecular weight excluding hydrogens is 363 g/mol. The first-order chi connectivity index (χ1) is 13.1. The molecule has 2 aliphatic carbocycles. The van der Waals surface area contributed by atoms with E-state index in [2.05, 4.69) is 15.5 Å². The fraction of sp³-hybridized carbons (Fsp3) is 0.550. The number of carbonyl (C=O) groups excluding carboxylic acids is 1. The van der Waals surface area contributed by atoms with E-state index in [-0.39, 0.29) is 17.0 Å². The Morgan fingerprint density at radius 3 is 2.63 bits per heavy atom. The summed E-state index contributed by atoms with van der Waals surface area (Å²) in [7, 11) is 0. The second kappa shape index (κ2) is 8.00. The molecule has 27 heavy (non-hydrogen) atoms. The fourth-order valence-corrected chi connectivity index (χ4v) is 4.55. The quantitative estimate of drug-likeness (QED) is 0.748. The molecule has 7 heteroatoms. The molecule has 1 aromatic heterocycles. The number of hydrogen-bond acceptors (Lipinski definition) is 4. The second-order valence-electron chi connectivity index (χ2n) is 7.49. The number of halogens is 1. The maximum absolute atomic E-state index is 14.2. The fourth-order valence-electron chi connectivity index (χ4n) is 3.62. The molecule has 1 aromatic carbocycles. The Balaban J connectivity index is 1.50. The first-order valence-electron chi connectivity index (χ1n) is 9.80. The molecular formula is C20H25FN4OS. The Bertz CT molecular complexity index is 814. The van der Waals surface area contributed by atoms with Gasteiger partial charge in [0, 0.05) is 12.1 Å². The lowest BCUT2D eigenvalue weighted by Gasteiger charge is -2.24.